The van der Waals surface area contributed by atoms with Gasteiger partial charge in [0.05, 0.1) is 0 Å². The van der Waals surface area contributed by atoms with Crippen molar-refractivity contribution in [2.24, 2.45) is 0 Å². The number of amides is 2. The number of rotatable bonds is 4. The minimum atomic E-state index is -0.498. The van der Waals surface area contributed by atoms with Crippen molar-refractivity contribution in [2.75, 3.05) is 0 Å². The van der Waals surface area contributed by atoms with Crippen LogP contribution in [0.1, 0.15) is 11.1 Å². The molecule has 0 bridgehead atoms. The number of hydrogen-bond donors (Lipinski definition) is 2. The Morgan fingerprint density at radius 3 is 1.36 bits per heavy atom. The van der Waals surface area contributed by atoms with E-state index < -0.39 is 12.1 Å². The van der Waals surface area contributed by atoms with Crippen molar-refractivity contribution >= 4 is 11.8 Å². The van der Waals surface area contributed by atoms with Gasteiger partial charge >= 0.3 is 0 Å². The molecule has 2 atom stereocenters. The standard InChI is InChI=1S/C18H18N2O2/c21-17-15(11-13-7-3-1-4-8-13)19-18(22)16(20-17)12-14-9-5-2-6-10-14/h1-10,15-16H,11-12H2,(H,19,22)(H,20,21)/t15-,16-/m0/s1. The highest BCUT2D eigenvalue weighted by atomic mass is 16.2. The molecule has 0 spiro atoms. The first kappa shape index (κ1) is 14.3. The summed E-state index contributed by atoms with van der Waals surface area (Å²) in [6.45, 7) is 0. The first-order chi connectivity index (χ1) is 10.7. The Bertz CT molecular complexity index is 596. The van der Waals surface area contributed by atoms with Gasteiger partial charge in [-0.25, -0.2) is 0 Å². The highest BCUT2D eigenvalue weighted by Gasteiger charge is 2.33. The molecule has 2 aromatic rings. The molecule has 0 radical (unpaired) electrons. The van der Waals surface area contributed by atoms with E-state index in [-0.39, 0.29) is 11.8 Å². The van der Waals surface area contributed by atoms with Crippen molar-refractivity contribution in [1.82, 2.24) is 10.6 Å². The highest BCUT2D eigenvalue weighted by molar-refractivity contribution is 5.97. The van der Waals surface area contributed by atoms with Gasteiger partial charge in [-0.05, 0) is 11.1 Å². The van der Waals surface area contributed by atoms with Crippen molar-refractivity contribution in [3.05, 3.63) is 71.8 Å². The molecule has 0 saturated carbocycles. The van der Waals surface area contributed by atoms with Gasteiger partial charge in [0, 0.05) is 12.8 Å². The maximum atomic E-state index is 12.2. The van der Waals surface area contributed by atoms with Gasteiger partial charge in [-0.1, -0.05) is 60.7 Å². The number of carbonyl (C=O) groups excluding carboxylic acids is 2. The summed E-state index contributed by atoms with van der Waals surface area (Å²) in [6.07, 6.45) is 1.02. The van der Waals surface area contributed by atoms with E-state index in [2.05, 4.69) is 10.6 Å². The molecule has 112 valence electrons. The molecule has 4 heteroatoms. The van der Waals surface area contributed by atoms with Crippen LogP contribution < -0.4 is 10.6 Å². The summed E-state index contributed by atoms with van der Waals surface area (Å²) in [7, 11) is 0. The average molecular weight is 294 g/mol. The molecule has 2 aromatic carbocycles. The summed E-state index contributed by atoms with van der Waals surface area (Å²) in [5, 5.41) is 5.67. The second kappa shape index (κ2) is 6.43. The van der Waals surface area contributed by atoms with Crippen LogP contribution in [0.15, 0.2) is 60.7 Å². The van der Waals surface area contributed by atoms with Crippen LogP contribution in [0, 0.1) is 0 Å². The molecule has 1 aliphatic heterocycles. The zero-order valence-electron chi connectivity index (χ0n) is 12.2. The summed E-state index contributed by atoms with van der Waals surface area (Å²) in [4.78, 5) is 24.4. The van der Waals surface area contributed by atoms with E-state index in [0.717, 1.165) is 11.1 Å². The van der Waals surface area contributed by atoms with Crippen LogP contribution in [0.2, 0.25) is 0 Å². The summed E-state index contributed by atoms with van der Waals surface area (Å²) in [5.41, 5.74) is 2.06. The minimum Gasteiger partial charge on any atom is -0.342 e. The normalized spacial score (nSPS) is 21.1. The van der Waals surface area contributed by atoms with E-state index in [4.69, 9.17) is 0 Å². The van der Waals surface area contributed by atoms with Gasteiger partial charge in [-0.15, -0.1) is 0 Å². The Kier molecular flexibility index (Phi) is 4.19. The molecule has 3 rings (SSSR count). The average Bonchev–Trinajstić information content (AvgIpc) is 2.54. The molecule has 1 fully saturated rings. The number of hydrogen-bond acceptors (Lipinski definition) is 2. The topological polar surface area (TPSA) is 58.2 Å². The molecule has 4 nitrogen and oxygen atoms in total. The van der Waals surface area contributed by atoms with Gasteiger partial charge in [0.1, 0.15) is 12.1 Å². The third kappa shape index (κ3) is 3.34. The summed E-state index contributed by atoms with van der Waals surface area (Å²) in [5.74, 6) is -0.242. The molecule has 0 aliphatic carbocycles. The minimum absolute atomic E-state index is 0.121. The first-order valence-corrected chi connectivity index (χ1v) is 7.41. The molecule has 1 saturated heterocycles. The highest BCUT2D eigenvalue weighted by Crippen LogP contribution is 2.10. The van der Waals surface area contributed by atoms with Crippen LogP contribution in [0.5, 0.6) is 0 Å². The van der Waals surface area contributed by atoms with Crippen LogP contribution in [-0.4, -0.2) is 23.9 Å². The predicted molar refractivity (Wildman–Crippen MR) is 84.2 cm³/mol. The number of carbonyl (C=O) groups is 2. The van der Waals surface area contributed by atoms with Crippen molar-refractivity contribution in [1.29, 1.82) is 0 Å². The molecule has 0 unspecified atom stereocenters. The van der Waals surface area contributed by atoms with Gasteiger partial charge in [-0.2, -0.15) is 0 Å². The van der Waals surface area contributed by atoms with Gasteiger partial charge in [0.15, 0.2) is 0 Å². The lowest BCUT2D eigenvalue weighted by Crippen LogP contribution is -2.62. The molecule has 2 N–H and O–H groups in total. The smallest absolute Gasteiger partial charge is 0.243 e. The van der Waals surface area contributed by atoms with Crippen LogP contribution in [0.3, 0.4) is 0 Å². The lowest BCUT2D eigenvalue weighted by molar-refractivity contribution is -0.136. The second-order valence-electron chi connectivity index (χ2n) is 5.50. The van der Waals surface area contributed by atoms with E-state index in [1.807, 2.05) is 60.7 Å². The third-order valence-corrected chi connectivity index (χ3v) is 3.83. The SMILES string of the molecule is O=C1N[C@@H](Cc2ccccc2)C(=O)N[C@H]1Cc1ccccc1. The fourth-order valence-corrected chi connectivity index (χ4v) is 2.66. The molecule has 1 aliphatic rings. The van der Waals surface area contributed by atoms with Crippen molar-refractivity contribution in [2.45, 2.75) is 24.9 Å². The largest absolute Gasteiger partial charge is 0.342 e. The van der Waals surface area contributed by atoms with E-state index in [1.165, 1.54) is 0 Å². The summed E-state index contributed by atoms with van der Waals surface area (Å²) in [6, 6.07) is 18.4. The first-order valence-electron chi connectivity index (χ1n) is 7.41. The molecule has 0 aromatic heterocycles. The number of piperazine rings is 1. The van der Waals surface area contributed by atoms with E-state index in [9.17, 15) is 9.59 Å². The third-order valence-electron chi connectivity index (χ3n) is 3.83. The number of nitrogens with one attached hydrogen (secondary N) is 2. The van der Waals surface area contributed by atoms with Crippen LogP contribution in [-0.2, 0) is 22.4 Å². The Hall–Kier alpha value is -2.62. The van der Waals surface area contributed by atoms with Crippen molar-refractivity contribution in [3.63, 3.8) is 0 Å². The predicted octanol–water partition coefficient (Wildman–Crippen LogP) is 1.45. The van der Waals surface area contributed by atoms with E-state index in [1.54, 1.807) is 0 Å². The Labute approximate surface area is 129 Å². The quantitative estimate of drug-likeness (QED) is 0.897. The lowest BCUT2D eigenvalue weighted by Gasteiger charge is -2.29. The second-order valence-corrected chi connectivity index (χ2v) is 5.50. The van der Waals surface area contributed by atoms with Crippen LogP contribution in [0.4, 0.5) is 0 Å². The maximum absolute atomic E-state index is 12.2. The summed E-state index contributed by atoms with van der Waals surface area (Å²) < 4.78 is 0. The van der Waals surface area contributed by atoms with Crippen molar-refractivity contribution in [3.8, 4) is 0 Å². The molecule has 2 amide bonds. The number of benzene rings is 2. The maximum Gasteiger partial charge on any atom is 0.243 e. The van der Waals surface area contributed by atoms with E-state index in [0.29, 0.717) is 12.8 Å². The van der Waals surface area contributed by atoms with Gasteiger partial charge < -0.3 is 10.6 Å². The Morgan fingerprint density at radius 2 is 1.00 bits per heavy atom. The molecular formula is C18H18N2O2. The fourth-order valence-electron chi connectivity index (χ4n) is 2.66. The Morgan fingerprint density at radius 1 is 0.636 bits per heavy atom. The monoisotopic (exact) mass is 294 g/mol. The summed E-state index contributed by atoms with van der Waals surface area (Å²) >= 11 is 0. The molecule has 1 heterocycles. The Balaban J connectivity index is 1.64. The lowest BCUT2D eigenvalue weighted by atomic mass is 9.99. The van der Waals surface area contributed by atoms with Crippen LogP contribution in [0.25, 0.3) is 0 Å². The van der Waals surface area contributed by atoms with Gasteiger partial charge in [-0.3, -0.25) is 9.59 Å². The fraction of sp³-hybridized carbons (Fsp3) is 0.222. The van der Waals surface area contributed by atoms with Gasteiger partial charge in [0.2, 0.25) is 11.8 Å². The van der Waals surface area contributed by atoms with E-state index >= 15 is 0 Å². The zero-order chi connectivity index (χ0) is 15.4. The van der Waals surface area contributed by atoms with Gasteiger partial charge in [0.25, 0.3) is 0 Å². The zero-order valence-corrected chi connectivity index (χ0v) is 12.2. The molecule has 22 heavy (non-hydrogen) atoms. The van der Waals surface area contributed by atoms with Crippen LogP contribution >= 0.6 is 0 Å². The molecular weight excluding hydrogens is 276 g/mol. The van der Waals surface area contributed by atoms with Crippen molar-refractivity contribution < 1.29 is 9.59 Å².